The van der Waals surface area contributed by atoms with Crippen molar-refractivity contribution >= 4 is 43.0 Å². The quantitative estimate of drug-likeness (QED) is 0.366. The molecule has 0 fully saturated rings. The van der Waals surface area contributed by atoms with Crippen LogP contribution in [0.4, 0.5) is 0 Å². The maximum atomic E-state index is 4.63. The van der Waals surface area contributed by atoms with Crippen LogP contribution in [0.1, 0.15) is 39.2 Å². The zero-order valence-corrected chi connectivity index (χ0v) is 19.4. The lowest BCUT2D eigenvalue weighted by molar-refractivity contribution is 0.887. The highest BCUT2D eigenvalue weighted by molar-refractivity contribution is 15.0. The molecule has 0 spiro atoms. The Morgan fingerprint density at radius 3 is 1.79 bits per heavy atom. The van der Waals surface area contributed by atoms with Crippen molar-refractivity contribution in [2.75, 3.05) is 0 Å². The Kier molecular flexibility index (Phi) is 6.22. The Morgan fingerprint density at radius 2 is 1.25 bits per heavy atom. The molecule has 0 N–H and O–H groups in total. The lowest BCUT2D eigenvalue weighted by Gasteiger charge is -2.21. The second-order valence-electron chi connectivity index (χ2n) is 6.13. The van der Waals surface area contributed by atoms with Crippen LogP contribution in [0.2, 0.25) is 0 Å². The van der Waals surface area contributed by atoms with Crippen molar-refractivity contribution in [3.63, 3.8) is 0 Å². The highest BCUT2D eigenvalue weighted by Gasteiger charge is 2.19. The van der Waals surface area contributed by atoms with Crippen LogP contribution in [-0.4, -0.2) is 19.6 Å². The van der Waals surface area contributed by atoms with Crippen molar-refractivity contribution in [2.24, 2.45) is 0 Å². The van der Waals surface area contributed by atoms with E-state index in [2.05, 4.69) is 101 Å². The summed E-state index contributed by atoms with van der Waals surface area (Å²) in [5.41, 5.74) is 11.3. The van der Waals surface area contributed by atoms with E-state index in [0.717, 1.165) is 11.4 Å². The monoisotopic (exact) mass is 548 g/mol. The van der Waals surface area contributed by atoms with Gasteiger partial charge in [-0.2, -0.15) is 10.1 Å². The average molecular weight is 548 g/mol. The maximum absolute atomic E-state index is 4.63. The molecule has 4 nitrogen and oxygen atoms in total. The van der Waals surface area contributed by atoms with Gasteiger partial charge in [0.2, 0.25) is 0 Å². The molecule has 0 radical (unpaired) electrons. The molecule has 0 unspecified atom stereocenters. The summed E-state index contributed by atoms with van der Waals surface area (Å²) in [4.78, 5) is 8.84. The van der Waals surface area contributed by atoms with E-state index < -0.39 is 0 Å². The molecule has 6 heteroatoms. The van der Waals surface area contributed by atoms with Crippen molar-refractivity contribution in [1.82, 2.24) is 19.6 Å². The van der Waals surface area contributed by atoms with Crippen LogP contribution in [0, 0.1) is 48.5 Å². The van der Waals surface area contributed by atoms with Gasteiger partial charge in [0.25, 0.3) is 5.78 Å². The molecule has 3 rings (SSSR count). The molecule has 0 bridgehead atoms. The summed E-state index contributed by atoms with van der Waals surface area (Å²) in [5.74, 6) is 0.662. The molecule has 3 aromatic rings. The molecule has 128 valence electrons. The third-order valence-corrected chi connectivity index (χ3v) is 5.09. The molecular weight excluding hydrogens is 526 g/mol. The molecule has 0 saturated heterocycles. The van der Waals surface area contributed by atoms with Crippen molar-refractivity contribution in [3.05, 3.63) is 45.5 Å². The highest BCUT2D eigenvalue weighted by Crippen LogP contribution is 2.36. The van der Waals surface area contributed by atoms with Crippen LogP contribution >= 0.6 is 37.2 Å². The summed E-state index contributed by atoms with van der Waals surface area (Å²) in [7, 11) is 0. The van der Waals surface area contributed by atoms with Gasteiger partial charge in [0.1, 0.15) is 6.33 Å². The Bertz CT molecular complexity index is 884. The summed E-state index contributed by atoms with van der Waals surface area (Å²) in [6, 6.07) is 0. The van der Waals surface area contributed by atoms with E-state index in [-0.39, 0.29) is 0 Å². The molecule has 0 saturated carbocycles. The van der Waals surface area contributed by atoms with Gasteiger partial charge in [-0.3, -0.25) is 0 Å². The fourth-order valence-corrected chi connectivity index (χ4v) is 3.36. The standard InChI is InChI=1S/C18H22N4.I2/c1-9-10(2)12(4)16(13(5)11(9)3)17-14(6)21-18-19-8-20-22(18)15(17)7;1-2/h8H,1-7H3;. The van der Waals surface area contributed by atoms with Gasteiger partial charge >= 0.3 is 0 Å². The van der Waals surface area contributed by atoms with Gasteiger partial charge in [-0.15, -0.1) is 0 Å². The van der Waals surface area contributed by atoms with E-state index in [0.29, 0.717) is 5.78 Å². The first kappa shape index (κ1) is 19.6. The van der Waals surface area contributed by atoms with E-state index in [1.54, 1.807) is 6.33 Å². The molecule has 2 aromatic heterocycles. The highest BCUT2D eigenvalue weighted by atomic mass is 128. The molecular formula is C18H22I2N4. The third kappa shape index (κ3) is 3.07. The number of rotatable bonds is 1. The Labute approximate surface area is 166 Å². The lowest BCUT2D eigenvalue weighted by atomic mass is 9.85. The summed E-state index contributed by atoms with van der Waals surface area (Å²) in [6.07, 6.45) is 1.56. The van der Waals surface area contributed by atoms with Crippen molar-refractivity contribution in [3.8, 4) is 11.1 Å². The van der Waals surface area contributed by atoms with E-state index >= 15 is 0 Å². The summed E-state index contributed by atoms with van der Waals surface area (Å²) in [5, 5.41) is 4.31. The van der Waals surface area contributed by atoms with Crippen molar-refractivity contribution in [2.45, 2.75) is 48.5 Å². The first-order valence-electron chi connectivity index (χ1n) is 7.73. The van der Waals surface area contributed by atoms with Crippen LogP contribution < -0.4 is 0 Å². The number of nitrogens with zero attached hydrogens (tertiary/aromatic N) is 4. The molecule has 24 heavy (non-hydrogen) atoms. The molecule has 0 aliphatic heterocycles. The van der Waals surface area contributed by atoms with E-state index in [1.807, 2.05) is 4.52 Å². The fourth-order valence-electron chi connectivity index (χ4n) is 3.36. The van der Waals surface area contributed by atoms with Crippen molar-refractivity contribution < 1.29 is 0 Å². The second-order valence-corrected chi connectivity index (χ2v) is 6.13. The smallest absolute Gasteiger partial charge is 0.216 e. The van der Waals surface area contributed by atoms with Crippen LogP contribution in [0.25, 0.3) is 16.9 Å². The zero-order chi connectivity index (χ0) is 18.2. The Morgan fingerprint density at radius 1 is 0.750 bits per heavy atom. The summed E-state index contributed by atoms with van der Waals surface area (Å²) < 4.78 is 1.83. The van der Waals surface area contributed by atoms with Gasteiger partial charge in [-0.1, -0.05) is 0 Å². The van der Waals surface area contributed by atoms with Crippen LogP contribution in [0.15, 0.2) is 6.33 Å². The fraction of sp³-hybridized carbons (Fsp3) is 0.389. The number of aryl methyl sites for hydroxylation is 2. The van der Waals surface area contributed by atoms with Crippen molar-refractivity contribution in [1.29, 1.82) is 0 Å². The Balaban J connectivity index is 0.00000100. The number of aromatic nitrogens is 4. The average Bonchev–Trinajstić information content (AvgIpc) is 3.04. The van der Waals surface area contributed by atoms with Gasteiger partial charge in [0.05, 0.1) is 11.4 Å². The SMILES string of the molecule is Cc1nc2ncnn2c(C)c1-c1c(C)c(C)c(C)c(C)c1C.II. The van der Waals surface area contributed by atoms with Gasteiger partial charge < -0.3 is 0 Å². The molecule has 2 heterocycles. The largest absolute Gasteiger partial charge is 0.252 e. The van der Waals surface area contributed by atoms with Gasteiger partial charge in [-0.05, 0) is 81.8 Å². The van der Waals surface area contributed by atoms with E-state index in [9.17, 15) is 0 Å². The van der Waals surface area contributed by atoms with Crippen LogP contribution in [0.5, 0.6) is 0 Å². The topological polar surface area (TPSA) is 43.1 Å². The van der Waals surface area contributed by atoms with E-state index in [4.69, 9.17) is 0 Å². The number of hydrogen-bond donors (Lipinski definition) is 0. The Hall–Kier alpha value is -0.770. The first-order valence-corrected chi connectivity index (χ1v) is 14.0. The molecule has 0 aliphatic rings. The maximum Gasteiger partial charge on any atom is 0.252 e. The van der Waals surface area contributed by atoms with E-state index in [1.165, 1.54) is 38.9 Å². The predicted molar refractivity (Wildman–Crippen MR) is 117 cm³/mol. The zero-order valence-electron chi connectivity index (χ0n) is 15.1. The van der Waals surface area contributed by atoms with Crippen LogP contribution in [0.3, 0.4) is 0 Å². The number of halogens is 2. The molecule has 0 aliphatic carbocycles. The van der Waals surface area contributed by atoms with Gasteiger partial charge in [0, 0.05) is 42.8 Å². The minimum absolute atomic E-state index is 0.662. The molecule has 0 atom stereocenters. The minimum Gasteiger partial charge on any atom is -0.216 e. The normalized spacial score (nSPS) is 10.7. The minimum atomic E-state index is 0.662. The third-order valence-electron chi connectivity index (χ3n) is 5.09. The number of benzene rings is 1. The second kappa shape index (κ2) is 7.63. The number of hydrogen-bond acceptors (Lipinski definition) is 3. The van der Waals surface area contributed by atoms with Gasteiger partial charge in [-0.25, -0.2) is 9.50 Å². The lowest BCUT2D eigenvalue weighted by Crippen LogP contribution is -2.07. The molecule has 1 aromatic carbocycles. The summed E-state index contributed by atoms with van der Waals surface area (Å²) in [6.45, 7) is 15.2. The predicted octanol–water partition coefficient (Wildman–Crippen LogP) is 5.72. The van der Waals surface area contributed by atoms with Crippen LogP contribution in [-0.2, 0) is 0 Å². The summed E-state index contributed by atoms with van der Waals surface area (Å²) >= 11 is 4.24. The number of fused-ring (bicyclic) bond motifs is 1. The molecule has 0 amide bonds. The van der Waals surface area contributed by atoms with Gasteiger partial charge in [0.15, 0.2) is 0 Å². The first-order chi connectivity index (χ1) is 11.3.